The van der Waals surface area contributed by atoms with Gasteiger partial charge in [0.05, 0.1) is 13.2 Å². The molecule has 2 aliphatic rings. The third-order valence-electron chi connectivity index (χ3n) is 7.89. The Balaban J connectivity index is 1.43. The minimum absolute atomic E-state index is 0.0474. The van der Waals surface area contributed by atoms with Crippen molar-refractivity contribution in [1.82, 2.24) is 0 Å². The predicted molar refractivity (Wildman–Crippen MR) is 173 cm³/mol. The van der Waals surface area contributed by atoms with Gasteiger partial charge in [0.25, 0.3) is 0 Å². The van der Waals surface area contributed by atoms with E-state index in [0.717, 1.165) is 48.4 Å². The first-order chi connectivity index (χ1) is 21.0. The SMILES string of the molecule is Cc1cc(C(c2ccc(I)cc2)c2cc(C)c(OC(C)OC3CCOC3=O)c(C)c2)cc(C)c1OC(C)OC1CCOC1=O. The second-order valence-electron chi connectivity index (χ2n) is 11.5. The zero-order valence-electron chi connectivity index (χ0n) is 26.0. The number of hydrogen-bond acceptors (Lipinski definition) is 8. The number of cyclic esters (lactones) is 2. The van der Waals surface area contributed by atoms with E-state index in [1.54, 1.807) is 13.8 Å². The van der Waals surface area contributed by atoms with Gasteiger partial charge in [-0.15, -0.1) is 0 Å². The van der Waals surface area contributed by atoms with E-state index in [2.05, 4.69) is 71.1 Å². The summed E-state index contributed by atoms with van der Waals surface area (Å²) in [4.78, 5) is 23.7. The maximum absolute atomic E-state index is 11.9. The molecule has 2 saturated heterocycles. The number of carbonyl (C=O) groups excluding carboxylic acids is 2. The molecule has 4 unspecified atom stereocenters. The molecule has 0 radical (unpaired) electrons. The zero-order valence-corrected chi connectivity index (χ0v) is 28.1. The highest BCUT2D eigenvalue weighted by atomic mass is 127. The van der Waals surface area contributed by atoms with Crippen molar-refractivity contribution in [1.29, 1.82) is 0 Å². The van der Waals surface area contributed by atoms with Crippen molar-refractivity contribution in [2.24, 2.45) is 0 Å². The molecule has 3 aromatic carbocycles. The van der Waals surface area contributed by atoms with Crippen molar-refractivity contribution < 1.29 is 38.0 Å². The first kappa shape index (κ1) is 32.2. The maximum atomic E-state index is 11.9. The average molecular weight is 715 g/mol. The Labute approximate surface area is 272 Å². The summed E-state index contributed by atoms with van der Waals surface area (Å²) in [5, 5.41) is 0. The van der Waals surface area contributed by atoms with Crippen LogP contribution < -0.4 is 9.47 Å². The topological polar surface area (TPSA) is 89.5 Å². The van der Waals surface area contributed by atoms with Gasteiger partial charge in [0.1, 0.15) is 11.5 Å². The molecule has 5 rings (SSSR count). The Bertz CT molecular complexity index is 1380. The van der Waals surface area contributed by atoms with Gasteiger partial charge in [0, 0.05) is 22.3 Å². The van der Waals surface area contributed by atoms with Gasteiger partial charge < -0.3 is 28.4 Å². The van der Waals surface area contributed by atoms with Gasteiger partial charge in [-0.05, 0) is 115 Å². The van der Waals surface area contributed by atoms with Gasteiger partial charge in [-0.2, -0.15) is 0 Å². The van der Waals surface area contributed by atoms with Crippen LogP contribution in [0.2, 0.25) is 0 Å². The first-order valence-corrected chi connectivity index (χ1v) is 16.0. The number of halogens is 1. The molecule has 3 aromatic rings. The summed E-state index contributed by atoms with van der Waals surface area (Å²) in [6.45, 7) is 12.5. The minimum atomic E-state index is -0.607. The number of esters is 2. The summed E-state index contributed by atoms with van der Waals surface area (Å²) in [6, 6.07) is 17.2. The molecule has 0 spiro atoms. The summed E-state index contributed by atoms with van der Waals surface area (Å²) in [5.41, 5.74) is 7.33. The van der Waals surface area contributed by atoms with Crippen LogP contribution >= 0.6 is 22.6 Å². The van der Waals surface area contributed by atoms with Gasteiger partial charge in [-0.3, -0.25) is 0 Å². The average Bonchev–Trinajstić information content (AvgIpc) is 3.56. The number of hydrogen-bond donors (Lipinski definition) is 0. The third kappa shape index (κ3) is 7.38. The number of carbonyl (C=O) groups is 2. The molecule has 0 amide bonds. The summed E-state index contributed by atoms with van der Waals surface area (Å²) in [6.07, 6.45) is -1.34. The van der Waals surface area contributed by atoms with Gasteiger partial charge in [0.15, 0.2) is 24.8 Å². The van der Waals surface area contributed by atoms with Crippen molar-refractivity contribution in [3.63, 3.8) is 0 Å². The minimum Gasteiger partial charge on any atom is -0.465 e. The van der Waals surface area contributed by atoms with Crippen LogP contribution in [-0.4, -0.2) is 49.9 Å². The van der Waals surface area contributed by atoms with Gasteiger partial charge >= 0.3 is 11.9 Å². The molecule has 4 atom stereocenters. The van der Waals surface area contributed by atoms with E-state index in [9.17, 15) is 9.59 Å². The second kappa shape index (κ2) is 13.9. The van der Waals surface area contributed by atoms with E-state index in [-0.39, 0.29) is 17.9 Å². The highest BCUT2D eigenvalue weighted by Gasteiger charge is 2.31. The van der Waals surface area contributed by atoms with E-state index in [4.69, 9.17) is 28.4 Å². The highest BCUT2D eigenvalue weighted by Crippen LogP contribution is 2.39. The third-order valence-corrected chi connectivity index (χ3v) is 8.61. The van der Waals surface area contributed by atoms with E-state index in [1.807, 2.05) is 27.7 Å². The summed E-state index contributed by atoms with van der Waals surface area (Å²) in [7, 11) is 0. The normalized spacial score (nSPS) is 20.2. The van der Waals surface area contributed by atoms with Crippen molar-refractivity contribution >= 4 is 34.5 Å². The van der Waals surface area contributed by atoms with Crippen LogP contribution in [0.1, 0.15) is 71.6 Å². The molecule has 0 aliphatic carbocycles. The van der Waals surface area contributed by atoms with Crippen LogP contribution in [0, 0.1) is 31.3 Å². The predicted octanol–water partition coefficient (Wildman–Crippen LogP) is 6.82. The summed E-state index contributed by atoms with van der Waals surface area (Å²) >= 11 is 2.32. The van der Waals surface area contributed by atoms with Crippen molar-refractivity contribution in [3.8, 4) is 11.5 Å². The molecule has 234 valence electrons. The molecule has 44 heavy (non-hydrogen) atoms. The lowest BCUT2D eigenvalue weighted by atomic mass is 9.82. The molecule has 0 bridgehead atoms. The van der Waals surface area contributed by atoms with E-state index in [1.165, 1.54) is 5.56 Å². The largest absolute Gasteiger partial charge is 0.465 e. The lowest BCUT2D eigenvalue weighted by Gasteiger charge is -2.25. The number of benzene rings is 3. The number of ether oxygens (including phenoxy) is 6. The fourth-order valence-electron chi connectivity index (χ4n) is 5.96. The fourth-order valence-corrected chi connectivity index (χ4v) is 6.32. The van der Waals surface area contributed by atoms with Crippen LogP contribution in [0.3, 0.4) is 0 Å². The van der Waals surface area contributed by atoms with Gasteiger partial charge in [0.2, 0.25) is 0 Å². The Kier molecular flexibility index (Phi) is 10.2. The highest BCUT2D eigenvalue weighted by molar-refractivity contribution is 14.1. The maximum Gasteiger partial charge on any atom is 0.335 e. The lowest BCUT2D eigenvalue weighted by Crippen LogP contribution is -2.28. The van der Waals surface area contributed by atoms with Crippen LogP contribution in [0.5, 0.6) is 11.5 Å². The Morgan fingerprint density at radius 1 is 0.659 bits per heavy atom. The lowest BCUT2D eigenvalue weighted by molar-refractivity contribution is -0.160. The molecule has 2 aliphatic heterocycles. The molecular formula is C35H39IO8. The Morgan fingerprint density at radius 3 is 1.39 bits per heavy atom. The number of aryl methyl sites for hydroxylation is 4. The molecular weight excluding hydrogens is 675 g/mol. The van der Waals surface area contributed by atoms with Crippen molar-refractivity contribution in [2.45, 2.75) is 85.1 Å². The van der Waals surface area contributed by atoms with Crippen LogP contribution in [0.25, 0.3) is 0 Å². The standard InChI is InChI=1S/C35H39IO8/c1-19-15-26(16-20(2)32(19)43-23(5)41-29-11-13-39-34(29)37)31(25-7-9-28(36)10-8-25)27-17-21(3)33(22(4)18-27)44-24(6)42-30-12-14-40-35(30)38/h7-10,15-18,23-24,29-31H,11-14H2,1-6H3. The van der Waals surface area contributed by atoms with Crippen molar-refractivity contribution in [3.05, 3.63) is 91.0 Å². The van der Waals surface area contributed by atoms with Crippen LogP contribution in [-0.2, 0) is 28.5 Å². The van der Waals surface area contributed by atoms with Gasteiger partial charge in [-0.25, -0.2) is 9.59 Å². The smallest absolute Gasteiger partial charge is 0.335 e. The van der Waals surface area contributed by atoms with E-state index in [0.29, 0.717) is 26.1 Å². The summed E-state index contributed by atoms with van der Waals surface area (Å²) in [5.74, 6) is 0.753. The summed E-state index contributed by atoms with van der Waals surface area (Å²) < 4.78 is 35.3. The van der Waals surface area contributed by atoms with E-state index >= 15 is 0 Å². The molecule has 2 heterocycles. The van der Waals surface area contributed by atoms with Crippen molar-refractivity contribution in [2.75, 3.05) is 13.2 Å². The van der Waals surface area contributed by atoms with Crippen LogP contribution in [0.4, 0.5) is 0 Å². The fraction of sp³-hybridized carbons (Fsp3) is 0.429. The molecule has 8 nitrogen and oxygen atoms in total. The quantitative estimate of drug-likeness (QED) is 0.0926. The molecule has 0 saturated carbocycles. The first-order valence-electron chi connectivity index (χ1n) is 15.0. The van der Waals surface area contributed by atoms with E-state index < -0.39 is 24.8 Å². The van der Waals surface area contributed by atoms with Gasteiger partial charge in [-0.1, -0.05) is 36.4 Å². The molecule has 0 aromatic heterocycles. The number of rotatable bonds is 11. The molecule has 2 fully saturated rings. The zero-order chi connectivity index (χ0) is 31.5. The Morgan fingerprint density at radius 2 is 1.05 bits per heavy atom. The second-order valence-corrected chi connectivity index (χ2v) is 12.7. The molecule has 0 N–H and O–H groups in total. The van der Waals surface area contributed by atoms with Crippen LogP contribution in [0.15, 0.2) is 48.5 Å². The molecule has 9 heteroatoms. The monoisotopic (exact) mass is 714 g/mol. The Hall–Kier alpha value is -3.15.